The Kier molecular flexibility index (Phi) is 5.96. The van der Waals surface area contributed by atoms with Crippen molar-refractivity contribution in [1.29, 1.82) is 0 Å². The van der Waals surface area contributed by atoms with Gasteiger partial charge in [-0.15, -0.1) is 0 Å². The number of hydrogen-bond acceptors (Lipinski definition) is 4. The molecule has 148 valence electrons. The number of pyridine rings is 1. The zero-order chi connectivity index (χ0) is 20.8. The molecule has 0 unspecified atom stereocenters. The monoisotopic (exact) mass is 415 g/mol. The summed E-state index contributed by atoms with van der Waals surface area (Å²) in [5.74, 6) is -0.307. The van der Waals surface area contributed by atoms with Crippen molar-refractivity contribution in [3.63, 3.8) is 0 Å². The number of rotatable bonds is 6. The number of carbonyl (C=O) groups is 1. The summed E-state index contributed by atoms with van der Waals surface area (Å²) in [7, 11) is 0. The van der Waals surface area contributed by atoms with Crippen molar-refractivity contribution < 1.29 is 4.79 Å². The first-order valence-electron chi connectivity index (χ1n) is 9.30. The number of halogens is 1. The van der Waals surface area contributed by atoms with Gasteiger partial charge in [-0.2, -0.15) is 10.2 Å². The summed E-state index contributed by atoms with van der Waals surface area (Å²) in [4.78, 5) is 16.1. The zero-order valence-corrected chi connectivity index (χ0v) is 16.7. The molecule has 7 heteroatoms. The minimum atomic E-state index is -0.307. The van der Waals surface area contributed by atoms with Gasteiger partial charge in [0.25, 0.3) is 5.91 Å². The third-order valence-electron chi connectivity index (χ3n) is 4.41. The average molecular weight is 416 g/mol. The minimum absolute atomic E-state index is 0.307. The Morgan fingerprint density at radius 1 is 1.03 bits per heavy atom. The lowest BCUT2D eigenvalue weighted by Gasteiger charge is -2.01. The van der Waals surface area contributed by atoms with Crippen molar-refractivity contribution in [2.75, 3.05) is 0 Å². The van der Waals surface area contributed by atoms with E-state index in [0.29, 0.717) is 17.1 Å². The maximum Gasteiger partial charge on any atom is 0.271 e. The highest BCUT2D eigenvalue weighted by atomic mass is 35.5. The highest BCUT2D eigenvalue weighted by molar-refractivity contribution is 6.30. The van der Waals surface area contributed by atoms with Gasteiger partial charge in [-0.05, 0) is 29.8 Å². The lowest BCUT2D eigenvalue weighted by Crippen LogP contribution is -2.17. The number of nitrogens with one attached hydrogen (secondary N) is 1. The zero-order valence-electron chi connectivity index (χ0n) is 15.9. The first-order chi connectivity index (χ1) is 14.7. The molecule has 0 aliphatic heterocycles. The molecule has 0 radical (unpaired) electrons. The van der Waals surface area contributed by atoms with Crippen molar-refractivity contribution in [3.05, 3.63) is 107 Å². The molecule has 1 amide bonds. The highest BCUT2D eigenvalue weighted by Crippen LogP contribution is 2.23. The van der Waals surface area contributed by atoms with Crippen LogP contribution in [0.2, 0.25) is 5.02 Å². The quantitative estimate of drug-likeness (QED) is 0.374. The van der Waals surface area contributed by atoms with Crippen LogP contribution in [0.1, 0.15) is 21.5 Å². The minimum Gasteiger partial charge on any atom is -0.267 e. The molecule has 2 aromatic carbocycles. The third-order valence-corrected chi connectivity index (χ3v) is 4.66. The number of amides is 1. The van der Waals surface area contributed by atoms with Gasteiger partial charge >= 0.3 is 0 Å². The van der Waals surface area contributed by atoms with Gasteiger partial charge in [0.15, 0.2) is 0 Å². The van der Waals surface area contributed by atoms with E-state index in [1.807, 2.05) is 65.5 Å². The van der Waals surface area contributed by atoms with Crippen LogP contribution in [0.4, 0.5) is 0 Å². The Hall–Kier alpha value is -3.77. The van der Waals surface area contributed by atoms with Crippen LogP contribution in [-0.4, -0.2) is 26.9 Å². The molecule has 0 saturated carbocycles. The Bertz CT molecular complexity index is 1160. The lowest BCUT2D eigenvalue weighted by atomic mass is 10.1. The summed E-state index contributed by atoms with van der Waals surface area (Å²) in [5, 5.41) is 9.50. The molecule has 0 aliphatic carbocycles. The summed E-state index contributed by atoms with van der Waals surface area (Å²) < 4.78 is 1.85. The van der Waals surface area contributed by atoms with Gasteiger partial charge in [0.1, 0.15) is 5.69 Å². The van der Waals surface area contributed by atoms with Gasteiger partial charge in [-0.1, -0.05) is 54.1 Å². The van der Waals surface area contributed by atoms with E-state index < -0.39 is 0 Å². The second-order valence-corrected chi connectivity index (χ2v) is 6.99. The van der Waals surface area contributed by atoms with E-state index in [9.17, 15) is 4.79 Å². The fraction of sp³-hybridized carbons (Fsp3) is 0.0435. The van der Waals surface area contributed by atoms with E-state index >= 15 is 0 Å². The molecule has 4 aromatic rings. The normalized spacial score (nSPS) is 11.0. The Balaban J connectivity index is 1.59. The molecule has 0 fully saturated rings. The van der Waals surface area contributed by atoms with E-state index in [1.165, 1.54) is 0 Å². The fourth-order valence-corrected chi connectivity index (χ4v) is 3.07. The third kappa shape index (κ3) is 4.79. The maximum absolute atomic E-state index is 12.2. The molecule has 30 heavy (non-hydrogen) atoms. The summed E-state index contributed by atoms with van der Waals surface area (Å²) in [6.45, 7) is 0.624. The number of aromatic nitrogens is 3. The van der Waals surface area contributed by atoms with Crippen molar-refractivity contribution in [2.45, 2.75) is 6.54 Å². The standard InChI is InChI=1S/C23H18ClN5O/c24-21-8-6-18(7-9-21)22-20(14-26-27-23(30)19-10-12-25-13-11-19)16-29(28-22)15-17-4-2-1-3-5-17/h1-14,16H,15H2,(H,27,30)/b26-14-. The van der Waals surface area contributed by atoms with Crippen LogP contribution in [0.5, 0.6) is 0 Å². The molecular formula is C23H18ClN5O. The van der Waals surface area contributed by atoms with Crippen molar-refractivity contribution in [1.82, 2.24) is 20.2 Å². The number of hydrazone groups is 1. The van der Waals surface area contributed by atoms with E-state index in [-0.39, 0.29) is 5.91 Å². The molecule has 0 saturated heterocycles. The second-order valence-electron chi connectivity index (χ2n) is 6.56. The second kappa shape index (κ2) is 9.15. The molecule has 1 N–H and O–H groups in total. The van der Waals surface area contributed by atoms with E-state index in [0.717, 1.165) is 22.4 Å². The fourth-order valence-electron chi connectivity index (χ4n) is 2.94. The van der Waals surface area contributed by atoms with Crippen LogP contribution < -0.4 is 5.43 Å². The van der Waals surface area contributed by atoms with Crippen molar-refractivity contribution in [3.8, 4) is 11.3 Å². The van der Waals surface area contributed by atoms with Crippen LogP contribution in [0.3, 0.4) is 0 Å². The van der Waals surface area contributed by atoms with Gasteiger partial charge < -0.3 is 0 Å². The molecule has 2 aromatic heterocycles. The van der Waals surface area contributed by atoms with Crippen molar-refractivity contribution >= 4 is 23.7 Å². The summed E-state index contributed by atoms with van der Waals surface area (Å²) >= 11 is 6.02. The van der Waals surface area contributed by atoms with Crippen LogP contribution in [0, 0.1) is 0 Å². The Morgan fingerprint density at radius 3 is 2.50 bits per heavy atom. The number of benzene rings is 2. The summed E-state index contributed by atoms with van der Waals surface area (Å²) in [5.41, 5.74) is 6.61. The molecule has 2 heterocycles. The topological polar surface area (TPSA) is 72.2 Å². The van der Waals surface area contributed by atoms with Crippen LogP contribution >= 0.6 is 11.6 Å². The molecule has 6 nitrogen and oxygen atoms in total. The first-order valence-corrected chi connectivity index (χ1v) is 9.67. The highest BCUT2D eigenvalue weighted by Gasteiger charge is 2.11. The van der Waals surface area contributed by atoms with Crippen LogP contribution in [-0.2, 0) is 6.54 Å². The van der Waals surface area contributed by atoms with Gasteiger partial charge in [-0.25, -0.2) is 5.43 Å². The van der Waals surface area contributed by atoms with E-state index in [1.54, 1.807) is 30.7 Å². The predicted octanol–water partition coefficient (Wildman–Crippen LogP) is 4.41. The SMILES string of the molecule is O=C(N/N=C\c1cn(Cc2ccccc2)nc1-c1ccc(Cl)cc1)c1ccncc1. The van der Waals surface area contributed by atoms with Gasteiger partial charge in [0.05, 0.1) is 12.8 Å². The molecule has 0 spiro atoms. The van der Waals surface area contributed by atoms with Gasteiger partial charge in [-0.3, -0.25) is 14.5 Å². The van der Waals surface area contributed by atoms with E-state index in [2.05, 4.69) is 15.5 Å². The number of nitrogens with zero attached hydrogens (tertiary/aromatic N) is 4. The predicted molar refractivity (Wildman–Crippen MR) is 118 cm³/mol. The smallest absolute Gasteiger partial charge is 0.267 e. The molecule has 4 rings (SSSR count). The first kappa shape index (κ1) is 19.5. The number of carbonyl (C=O) groups excluding carboxylic acids is 1. The van der Waals surface area contributed by atoms with E-state index in [4.69, 9.17) is 16.7 Å². The lowest BCUT2D eigenvalue weighted by molar-refractivity contribution is 0.0955. The van der Waals surface area contributed by atoms with Gasteiger partial charge in [0, 0.05) is 40.3 Å². The maximum atomic E-state index is 12.2. The molecule has 0 atom stereocenters. The number of hydrogen-bond donors (Lipinski definition) is 1. The van der Waals surface area contributed by atoms with Crippen LogP contribution in [0.15, 0.2) is 90.4 Å². The Morgan fingerprint density at radius 2 is 1.77 bits per heavy atom. The largest absolute Gasteiger partial charge is 0.271 e. The van der Waals surface area contributed by atoms with Gasteiger partial charge in [0.2, 0.25) is 0 Å². The molecule has 0 aliphatic rings. The summed E-state index contributed by atoms with van der Waals surface area (Å²) in [6.07, 6.45) is 6.62. The van der Waals surface area contributed by atoms with Crippen LogP contribution in [0.25, 0.3) is 11.3 Å². The van der Waals surface area contributed by atoms with Crippen molar-refractivity contribution in [2.24, 2.45) is 5.10 Å². The molecule has 0 bridgehead atoms. The Labute approximate surface area is 178 Å². The summed E-state index contributed by atoms with van der Waals surface area (Å²) in [6, 6.07) is 20.8. The molecular weight excluding hydrogens is 398 g/mol. The average Bonchev–Trinajstić information content (AvgIpc) is 3.18.